The Balaban J connectivity index is 0.000000606. The van der Waals surface area contributed by atoms with Crippen LogP contribution in [0.3, 0.4) is 0 Å². The van der Waals surface area contributed by atoms with E-state index in [4.69, 9.17) is 0 Å². The van der Waals surface area contributed by atoms with Crippen LogP contribution in [-0.2, 0) is 4.79 Å². The van der Waals surface area contributed by atoms with Crippen LogP contribution in [-0.4, -0.2) is 18.4 Å². The van der Waals surface area contributed by atoms with Gasteiger partial charge in [-0.2, -0.15) is 0 Å². The number of rotatable bonds is 2. The molecule has 1 saturated heterocycles. The molecule has 2 rings (SSSR count). The fourth-order valence-electron chi connectivity index (χ4n) is 2.19. The van der Waals surface area contributed by atoms with Crippen molar-refractivity contribution in [2.24, 2.45) is 0 Å². The molecule has 2 heteroatoms. The number of benzene rings is 1. The van der Waals surface area contributed by atoms with Crippen LogP contribution >= 0.6 is 0 Å². The molecular weight excluding hydrogens is 198 g/mol. The molecule has 1 aliphatic rings. The highest BCUT2D eigenvalue weighted by atomic mass is 16.1. The first-order chi connectivity index (χ1) is 7.79. The number of carbonyl (C=O) groups excluding carboxylic acids is 1. The Bertz CT molecular complexity index is 321. The highest BCUT2D eigenvalue weighted by Gasteiger charge is 2.30. The lowest BCUT2D eigenvalue weighted by Gasteiger charge is -2.16. The monoisotopic (exact) mass is 219 g/mol. The number of carbonyl (C=O) groups is 1. The minimum Gasteiger partial charge on any atom is -0.307 e. The van der Waals surface area contributed by atoms with Gasteiger partial charge in [-0.25, -0.2) is 0 Å². The smallest absolute Gasteiger partial charge is 0.147 e. The first-order valence-corrected chi connectivity index (χ1v) is 6.08. The molecule has 2 unspecified atom stereocenters. The van der Waals surface area contributed by atoms with Crippen molar-refractivity contribution >= 4 is 5.78 Å². The lowest BCUT2D eigenvalue weighted by molar-refractivity contribution is -0.118. The SMILES string of the molecule is CC.CC(=O)C1NCCC1c1ccccc1. The van der Waals surface area contributed by atoms with Gasteiger partial charge in [-0.3, -0.25) is 4.79 Å². The molecule has 2 atom stereocenters. The van der Waals surface area contributed by atoms with Crippen LogP contribution in [0, 0.1) is 0 Å². The van der Waals surface area contributed by atoms with E-state index in [2.05, 4.69) is 17.4 Å². The van der Waals surface area contributed by atoms with Crippen LogP contribution in [0.5, 0.6) is 0 Å². The fraction of sp³-hybridized carbons (Fsp3) is 0.500. The molecule has 0 aliphatic carbocycles. The molecule has 0 saturated carbocycles. The summed E-state index contributed by atoms with van der Waals surface area (Å²) >= 11 is 0. The summed E-state index contributed by atoms with van der Waals surface area (Å²) < 4.78 is 0. The minimum absolute atomic E-state index is 0.0254. The van der Waals surface area contributed by atoms with Crippen LogP contribution in [0.4, 0.5) is 0 Å². The summed E-state index contributed by atoms with van der Waals surface area (Å²) in [6.07, 6.45) is 1.06. The molecule has 88 valence electrons. The highest BCUT2D eigenvalue weighted by molar-refractivity contribution is 5.83. The van der Waals surface area contributed by atoms with E-state index >= 15 is 0 Å². The maximum Gasteiger partial charge on any atom is 0.147 e. The topological polar surface area (TPSA) is 29.1 Å². The summed E-state index contributed by atoms with van der Waals surface area (Å²) in [5, 5.41) is 3.26. The van der Waals surface area contributed by atoms with Crippen LogP contribution in [0.2, 0.25) is 0 Å². The third-order valence-corrected chi connectivity index (χ3v) is 2.89. The molecule has 1 aromatic carbocycles. The lowest BCUT2D eigenvalue weighted by Crippen LogP contribution is -2.32. The normalized spacial score (nSPS) is 23.4. The van der Waals surface area contributed by atoms with Crippen LogP contribution in [0.1, 0.15) is 38.7 Å². The quantitative estimate of drug-likeness (QED) is 0.828. The van der Waals surface area contributed by atoms with Gasteiger partial charge >= 0.3 is 0 Å². The van der Waals surface area contributed by atoms with Crippen LogP contribution in [0.15, 0.2) is 30.3 Å². The lowest BCUT2D eigenvalue weighted by atomic mass is 9.90. The van der Waals surface area contributed by atoms with E-state index in [1.807, 2.05) is 32.0 Å². The first-order valence-electron chi connectivity index (χ1n) is 6.08. The Hall–Kier alpha value is -1.15. The molecule has 1 aromatic rings. The largest absolute Gasteiger partial charge is 0.307 e. The number of hydrogen-bond donors (Lipinski definition) is 1. The summed E-state index contributed by atoms with van der Waals surface area (Å²) in [7, 11) is 0. The van der Waals surface area contributed by atoms with E-state index < -0.39 is 0 Å². The molecule has 1 N–H and O–H groups in total. The van der Waals surface area contributed by atoms with Crippen molar-refractivity contribution in [2.75, 3.05) is 6.54 Å². The van der Waals surface area contributed by atoms with Crippen molar-refractivity contribution in [3.63, 3.8) is 0 Å². The molecule has 1 aliphatic heterocycles. The van der Waals surface area contributed by atoms with E-state index in [1.54, 1.807) is 6.92 Å². The van der Waals surface area contributed by atoms with Gasteiger partial charge in [-0.1, -0.05) is 44.2 Å². The Morgan fingerprint density at radius 3 is 2.44 bits per heavy atom. The first kappa shape index (κ1) is 12.9. The standard InChI is InChI=1S/C12H15NO.C2H6/c1-9(14)12-11(7-8-13-12)10-5-3-2-4-6-10;1-2/h2-6,11-13H,7-8H2,1H3;1-2H3. The predicted molar refractivity (Wildman–Crippen MR) is 67.6 cm³/mol. The van der Waals surface area contributed by atoms with Crippen LogP contribution < -0.4 is 5.32 Å². The van der Waals surface area contributed by atoms with E-state index in [9.17, 15) is 4.79 Å². The molecule has 0 bridgehead atoms. The summed E-state index contributed by atoms with van der Waals surface area (Å²) in [4.78, 5) is 11.4. The predicted octanol–water partition coefficient (Wildman–Crippen LogP) is 2.75. The zero-order valence-electron chi connectivity index (χ0n) is 10.4. The highest BCUT2D eigenvalue weighted by Crippen LogP contribution is 2.27. The number of Topliss-reactive ketones (excluding diaryl/α,β-unsaturated/α-hetero) is 1. The Morgan fingerprint density at radius 2 is 1.88 bits per heavy atom. The second-order valence-electron chi connectivity index (χ2n) is 3.85. The van der Waals surface area contributed by atoms with Crippen molar-refractivity contribution in [3.05, 3.63) is 35.9 Å². The summed E-state index contributed by atoms with van der Waals surface area (Å²) in [5.74, 6) is 0.616. The molecule has 0 radical (unpaired) electrons. The van der Waals surface area contributed by atoms with Crippen molar-refractivity contribution < 1.29 is 4.79 Å². The van der Waals surface area contributed by atoms with Gasteiger partial charge in [0.1, 0.15) is 5.78 Å². The van der Waals surface area contributed by atoms with Gasteiger partial charge in [0.25, 0.3) is 0 Å². The molecule has 0 amide bonds. The molecule has 1 fully saturated rings. The Labute approximate surface area is 98.1 Å². The van der Waals surface area contributed by atoms with E-state index in [-0.39, 0.29) is 11.8 Å². The zero-order chi connectivity index (χ0) is 12.0. The van der Waals surface area contributed by atoms with E-state index in [0.717, 1.165) is 13.0 Å². The number of nitrogens with one attached hydrogen (secondary N) is 1. The Kier molecular flexibility index (Phi) is 5.20. The third-order valence-electron chi connectivity index (χ3n) is 2.89. The van der Waals surface area contributed by atoms with Gasteiger partial charge in [-0.05, 0) is 25.5 Å². The van der Waals surface area contributed by atoms with Crippen molar-refractivity contribution in [3.8, 4) is 0 Å². The minimum atomic E-state index is 0.0254. The van der Waals surface area contributed by atoms with Crippen molar-refractivity contribution in [1.29, 1.82) is 0 Å². The maximum absolute atomic E-state index is 11.4. The van der Waals surface area contributed by atoms with Crippen molar-refractivity contribution in [1.82, 2.24) is 5.32 Å². The fourth-order valence-corrected chi connectivity index (χ4v) is 2.19. The zero-order valence-corrected chi connectivity index (χ0v) is 10.4. The summed E-state index contributed by atoms with van der Waals surface area (Å²) in [6, 6.07) is 10.3. The molecule has 16 heavy (non-hydrogen) atoms. The van der Waals surface area contributed by atoms with Gasteiger partial charge in [0.05, 0.1) is 6.04 Å². The van der Waals surface area contributed by atoms with Gasteiger partial charge in [0.15, 0.2) is 0 Å². The Morgan fingerprint density at radius 1 is 1.25 bits per heavy atom. The van der Waals surface area contributed by atoms with Gasteiger partial charge < -0.3 is 5.32 Å². The molecule has 0 aromatic heterocycles. The second-order valence-corrected chi connectivity index (χ2v) is 3.85. The van der Waals surface area contributed by atoms with Crippen molar-refractivity contribution in [2.45, 2.75) is 39.2 Å². The molecule has 1 heterocycles. The maximum atomic E-state index is 11.4. The molecule has 2 nitrogen and oxygen atoms in total. The van der Waals surface area contributed by atoms with E-state index in [0.29, 0.717) is 5.92 Å². The van der Waals surface area contributed by atoms with Crippen LogP contribution in [0.25, 0.3) is 0 Å². The average molecular weight is 219 g/mol. The van der Waals surface area contributed by atoms with Gasteiger partial charge in [0, 0.05) is 5.92 Å². The molecule has 0 spiro atoms. The average Bonchev–Trinajstić information content (AvgIpc) is 2.82. The second kappa shape index (κ2) is 6.44. The summed E-state index contributed by atoms with van der Waals surface area (Å²) in [5.41, 5.74) is 1.28. The summed E-state index contributed by atoms with van der Waals surface area (Å²) in [6.45, 7) is 6.61. The molecular formula is C14H21NO. The van der Waals surface area contributed by atoms with Gasteiger partial charge in [0.2, 0.25) is 0 Å². The van der Waals surface area contributed by atoms with E-state index in [1.165, 1.54) is 5.56 Å². The number of ketones is 1. The third kappa shape index (κ3) is 2.92. The van der Waals surface area contributed by atoms with Gasteiger partial charge in [-0.15, -0.1) is 0 Å². The number of hydrogen-bond acceptors (Lipinski definition) is 2.